The number of nitrogens with zero attached hydrogens (tertiary/aromatic N) is 1. The minimum absolute atomic E-state index is 0.00575. The minimum Gasteiger partial charge on any atom is -0.317 e. The number of anilines is 1. The van der Waals surface area contributed by atoms with Gasteiger partial charge in [0.1, 0.15) is 11.6 Å². The maximum Gasteiger partial charge on any atom is 0.322 e. The van der Waals surface area contributed by atoms with Crippen LogP contribution >= 0.6 is 0 Å². The van der Waals surface area contributed by atoms with Crippen molar-refractivity contribution < 1.29 is 13.6 Å². The molecule has 24 heavy (non-hydrogen) atoms. The Kier molecular flexibility index (Phi) is 4.79. The van der Waals surface area contributed by atoms with Gasteiger partial charge in [-0.3, -0.25) is 0 Å². The second-order valence-corrected chi connectivity index (χ2v) is 6.00. The molecule has 2 amide bonds. The molecule has 3 nitrogen and oxygen atoms in total. The minimum atomic E-state index is -0.772. The first-order valence-electron chi connectivity index (χ1n) is 8.20. The van der Waals surface area contributed by atoms with Crippen molar-refractivity contribution in [1.29, 1.82) is 0 Å². The predicted octanol–water partition coefficient (Wildman–Crippen LogP) is 4.90. The van der Waals surface area contributed by atoms with E-state index >= 15 is 0 Å². The van der Waals surface area contributed by atoms with E-state index in [9.17, 15) is 13.6 Å². The number of urea groups is 1. The molecule has 0 spiro atoms. The molecule has 1 unspecified atom stereocenters. The summed E-state index contributed by atoms with van der Waals surface area (Å²) in [6.45, 7) is 2.58. The number of carbonyl (C=O) groups excluding carboxylic acids is 1. The molecule has 0 heterocycles. The van der Waals surface area contributed by atoms with Crippen LogP contribution in [-0.2, 0) is 6.42 Å². The molecule has 0 saturated heterocycles. The lowest BCUT2D eigenvalue weighted by Gasteiger charge is -2.29. The van der Waals surface area contributed by atoms with E-state index in [1.807, 2.05) is 25.1 Å². The second-order valence-electron chi connectivity index (χ2n) is 6.00. The number of carbonyl (C=O) groups is 1. The van der Waals surface area contributed by atoms with Gasteiger partial charge in [-0.25, -0.2) is 13.6 Å². The lowest BCUT2D eigenvalue weighted by Crippen LogP contribution is -2.38. The van der Waals surface area contributed by atoms with Crippen molar-refractivity contribution in [2.24, 2.45) is 0 Å². The molecule has 0 bridgehead atoms. The third-order valence-corrected chi connectivity index (χ3v) is 4.38. The Morgan fingerprint density at radius 3 is 2.79 bits per heavy atom. The maximum atomic E-state index is 13.8. The van der Waals surface area contributed by atoms with Gasteiger partial charge in [0.15, 0.2) is 0 Å². The predicted molar refractivity (Wildman–Crippen MR) is 89.9 cm³/mol. The molecule has 0 radical (unpaired) electrons. The van der Waals surface area contributed by atoms with Crippen molar-refractivity contribution in [3.8, 4) is 0 Å². The quantitative estimate of drug-likeness (QED) is 0.850. The average Bonchev–Trinajstić information content (AvgIpc) is 2.99. The zero-order chi connectivity index (χ0) is 17.1. The van der Waals surface area contributed by atoms with Crippen molar-refractivity contribution in [2.45, 2.75) is 32.2 Å². The van der Waals surface area contributed by atoms with Crippen LogP contribution in [0.1, 0.15) is 36.9 Å². The van der Waals surface area contributed by atoms with E-state index in [-0.39, 0.29) is 17.8 Å². The van der Waals surface area contributed by atoms with Gasteiger partial charge in [-0.15, -0.1) is 0 Å². The van der Waals surface area contributed by atoms with Crippen LogP contribution in [0.2, 0.25) is 0 Å². The van der Waals surface area contributed by atoms with Gasteiger partial charge in [0, 0.05) is 12.6 Å². The van der Waals surface area contributed by atoms with E-state index < -0.39 is 11.6 Å². The molecule has 0 fully saturated rings. The van der Waals surface area contributed by atoms with E-state index in [2.05, 4.69) is 11.4 Å². The van der Waals surface area contributed by atoms with Crippen LogP contribution in [0.5, 0.6) is 0 Å². The van der Waals surface area contributed by atoms with Crippen LogP contribution in [0.25, 0.3) is 0 Å². The third-order valence-electron chi connectivity index (χ3n) is 4.38. The summed E-state index contributed by atoms with van der Waals surface area (Å²) in [4.78, 5) is 14.4. The summed E-state index contributed by atoms with van der Waals surface area (Å²) in [6, 6.07) is 10.9. The number of amides is 2. The van der Waals surface area contributed by atoms with E-state index in [1.165, 1.54) is 11.6 Å². The van der Waals surface area contributed by atoms with Crippen LogP contribution in [0, 0.1) is 11.6 Å². The molecule has 0 saturated carbocycles. The summed E-state index contributed by atoms with van der Waals surface area (Å²) >= 11 is 0. The van der Waals surface area contributed by atoms with E-state index in [0.29, 0.717) is 6.54 Å². The van der Waals surface area contributed by atoms with Gasteiger partial charge in [0.25, 0.3) is 0 Å². The first kappa shape index (κ1) is 16.4. The average molecular weight is 330 g/mol. The summed E-state index contributed by atoms with van der Waals surface area (Å²) in [5.74, 6) is -1.44. The lowest BCUT2D eigenvalue weighted by molar-refractivity contribution is 0.187. The Bertz CT molecular complexity index is 748. The Morgan fingerprint density at radius 2 is 2.04 bits per heavy atom. The van der Waals surface area contributed by atoms with Crippen molar-refractivity contribution in [2.75, 3.05) is 11.9 Å². The molecule has 1 aliphatic carbocycles. The zero-order valence-electron chi connectivity index (χ0n) is 13.6. The Balaban J connectivity index is 1.82. The van der Waals surface area contributed by atoms with Crippen LogP contribution in [0.3, 0.4) is 0 Å². The zero-order valence-corrected chi connectivity index (χ0v) is 13.6. The molecule has 0 aliphatic heterocycles. The van der Waals surface area contributed by atoms with E-state index in [0.717, 1.165) is 37.0 Å². The largest absolute Gasteiger partial charge is 0.322 e. The monoisotopic (exact) mass is 330 g/mol. The number of hydrogen-bond acceptors (Lipinski definition) is 1. The number of fused-ring (bicyclic) bond motifs is 1. The first-order chi connectivity index (χ1) is 11.6. The van der Waals surface area contributed by atoms with Gasteiger partial charge in [0.05, 0.1) is 11.7 Å². The first-order valence-corrected chi connectivity index (χ1v) is 8.20. The highest BCUT2D eigenvalue weighted by Crippen LogP contribution is 2.36. The number of aryl methyl sites for hydroxylation is 1. The SMILES string of the molecule is CCCN(C(=O)Nc1ccc(F)cc1F)C1CCc2ccccc21. The molecule has 1 N–H and O–H groups in total. The van der Waals surface area contributed by atoms with Gasteiger partial charge in [-0.2, -0.15) is 0 Å². The van der Waals surface area contributed by atoms with Crippen molar-refractivity contribution in [1.82, 2.24) is 4.90 Å². The van der Waals surface area contributed by atoms with Gasteiger partial charge in [-0.05, 0) is 42.5 Å². The Hall–Kier alpha value is -2.43. The fourth-order valence-electron chi connectivity index (χ4n) is 3.28. The standard InChI is InChI=1S/C19H20F2N2O/c1-2-11-23(18-10-7-13-5-3-4-6-15(13)18)19(24)22-17-9-8-14(20)12-16(17)21/h3-6,8-9,12,18H,2,7,10-11H2,1H3,(H,22,24). The normalized spacial score (nSPS) is 15.9. The molecular formula is C19H20F2N2O. The summed E-state index contributed by atoms with van der Waals surface area (Å²) in [6.07, 6.45) is 2.59. The maximum absolute atomic E-state index is 13.8. The van der Waals surface area contributed by atoms with Gasteiger partial charge in [0.2, 0.25) is 0 Å². The molecule has 126 valence electrons. The van der Waals surface area contributed by atoms with Crippen molar-refractivity contribution in [3.63, 3.8) is 0 Å². The molecule has 3 rings (SSSR count). The summed E-state index contributed by atoms with van der Waals surface area (Å²) < 4.78 is 26.8. The summed E-state index contributed by atoms with van der Waals surface area (Å²) in [5, 5.41) is 2.58. The summed E-state index contributed by atoms with van der Waals surface area (Å²) in [5.41, 5.74) is 2.40. The second kappa shape index (κ2) is 6.99. The number of rotatable bonds is 4. The molecule has 2 aromatic rings. The smallest absolute Gasteiger partial charge is 0.317 e. The van der Waals surface area contributed by atoms with Crippen LogP contribution in [0.4, 0.5) is 19.3 Å². The molecule has 5 heteroatoms. The van der Waals surface area contributed by atoms with E-state index in [4.69, 9.17) is 0 Å². The number of hydrogen-bond donors (Lipinski definition) is 1. The number of halogens is 2. The topological polar surface area (TPSA) is 32.3 Å². The fraction of sp³-hybridized carbons (Fsp3) is 0.316. The van der Waals surface area contributed by atoms with Crippen molar-refractivity contribution in [3.05, 3.63) is 65.2 Å². The molecular weight excluding hydrogens is 310 g/mol. The highest BCUT2D eigenvalue weighted by molar-refractivity contribution is 5.89. The fourth-order valence-corrected chi connectivity index (χ4v) is 3.28. The Labute approximate surface area is 140 Å². The summed E-state index contributed by atoms with van der Waals surface area (Å²) in [7, 11) is 0. The van der Waals surface area contributed by atoms with Crippen LogP contribution in [-0.4, -0.2) is 17.5 Å². The molecule has 2 aromatic carbocycles. The number of nitrogens with one attached hydrogen (secondary N) is 1. The van der Waals surface area contributed by atoms with E-state index in [1.54, 1.807) is 4.90 Å². The van der Waals surface area contributed by atoms with Crippen molar-refractivity contribution >= 4 is 11.7 Å². The highest BCUT2D eigenvalue weighted by atomic mass is 19.1. The molecule has 1 atom stereocenters. The van der Waals surface area contributed by atoms with Gasteiger partial charge < -0.3 is 10.2 Å². The van der Waals surface area contributed by atoms with Crippen LogP contribution in [0.15, 0.2) is 42.5 Å². The van der Waals surface area contributed by atoms with Crippen LogP contribution < -0.4 is 5.32 Å². The van der Waals surface area contributed by atoms with Gasteiger partial charge >= 0.3 is 6.03 Å². The lowest BCUT2D eigenvalue weighted by atomic mass is 10.1. The Morgan fingerprint density at radius 1 is 1.25 bits per heavy atom. The molecule has 0 aromatic heterocycles. The number of benzene rings is 2. The molecule has 1 aliphatic rings. The van der Waals surface area contributed by atoms with Gasteiger partial charge in [-0.1, -0.05) is 31.2 Å². The highest BCUT2D eigenvalue weighted by Gasteiger charge is 2.30. The third kappa shape index (κ3) is 3.25.